The summed E-state index contributed by atoms with van der Waals surface area (Å²) in [6, 6.07) is 0. The van der Waals surface area contributed by atoms with Crippen LogP contribution in [0.5, 0.6) is 0 Å². The molecule has 0 radical (unpaired) electrons. The largest absolute Gasteiger partial charge is 0.368 e. The first-order valence-electron chi connectivity index (χ1n) is 4.14. The Kier molecular flexibility index (Phi) is 2.87. The molecule has 0 saturated heterocycles. The molecule has 0 atom stereocenters. The van der Waals surface area contributed by atoms with Crippen LogP contribution in [0.3, 0.4) is 0 Å². The van der Waals surface area contributed by atoms with Crippen LogP contribution >= 0.6 is 12.2 Å². The van der Waals surface area contributed by atoms with Crippen LogP contribution in [0, 0.1) is 4.77 Å². The van der Waals surface area contributed by atoms with Crippen molar-refractivity contribution < 1.29 is 4.74 Å². The molecule has 0 spiro atoms. The Balaban J connectivity index is 2.66. The van der Waals surface area contributed by atoms with Crippen LogP contribution in [0.1, 0.15) is 26.6 Å². The van der Waals surface area contributed by atoms with Crippen molar-refractivity contribution in [3.8, 4) is 0 Å². The fourth-order valence-electron chi connectivity index (χ4n) is 0.790. The summed E-state index contributed by atoms with van der Waals surface area (Å²) >= 11 is 4.97. The van der Waals surface area contributed by atoms with Gasteiger partial charge in [0, 0.05) is 7.05 Å². The van der Waals surface area contributed by atoms with Gasteiger partial charge in [0.1, 0.15) is 6.61 Å². The van der Waals surface area contributed by atoms with E-state index in [1.807, 2.05) is 27.8 Å². The highest BCUT2D eigenvalue weighted by atomic mass is 32.1. The van der Waals surface area contributed by atoms with Gasteiger partial charge >= 0.3 is 0 Å². The number of aromatic nitrogens is 3. The highest BCUT2D eigenvalue weighted by molar-refractivity contribution is 7.71. The maximum atomic E-state index is 5.56. The van der Waals surface area contributed by atoms with E-state index in [0.29, 0.717) is 11.4 Å². The van der Waals surface area contributed by atoms with Gasteiger partial charge in [-0.2, -0.15) is 5.10 Å². The fourth-order valence-corrected chi connectivity index (χ4v) is 0.941. The standard InChI is InChI=1S/C8H15N3OS/c1-8(2,3)12-5-6-9-10-7(13)11(6)4/h5H2,1-4H3,(H,10,13). The number of hydrogen-bond donors (Lipinski definition) is 1. The molecule has 0 aliphatic heterocycles. The zero-order valence-corrected chi connectivity index (χ0v) is 9.23. The first kappa shape index (κ1) is 10.4. The molecule has 0 aliphatic rings. The van der Waals surface area contributed by atoms with Crippen LogP contribution < -0.4 is 0 Å². The lowest BCUT2D eigenvalue weighted by Gasteiger charge is -2.18. The van der Waals surface area contributed by atoms with Gasteiger partial charge in [0.15, 0.2) is 10.6 Å². The van der Waals surface area contributed by atoms with E-state index in [-0.39, 0.29) is 5.60 Å². The van der Waals surface area contributed by atoms with E-state index >= 15 is 0 Å². The predicted molar refractivity (Wildman–Crippen MR) is 52.9 cm³/mol. The van der Waals surface area contributed by atoms with Crippen molar-refractivity contribution in [2.24, 2.45) is 7.05 Å². The van der Waals surface area contributed by atoms with Gasteiger partial charge in [-0.15, -0.1) is 0 Å². The van der Waals surface area contributed by atoms with Crippen molar-refractivity contribution in [3.63, 3.8) is 0 Å². The molecule has 13 heavy (non-hydrogen) atoms. The van der Waals surface area contributed by atoms with Gasteiger partial charge in [-0.3, -0.25) is 5.10 Å². The summed E-state index contributed by atoms with van der Waals surface area (Å²) in [5, 5.41) is 6.75. The molecule has 4 nitrogen and oxygen atoms in total. The molecule has 0 saturated carbocycles. The number of H-pyrrole nitrogens is 1. The zero-order valence-electron chi connectivity index (χ0n) is 8.42. The van der Waals surface area contributed by atoms with Gasteiger partial charge in [-0.25, -0.2) is 0 Å². The van der Waals surface area contributed by atoms with Crippen molar-refractivity contribution in [2.45, 2.75) is 33.0 Å². The molecule has 0 aliphatic carbocycles. The lowest BCUT2D eigenvalue weighted by molar-refractivity contribution is -0.0191. The van der Waals surface area contributed by atoms with E-state index in [9.17, 15) is 0 Å². The topological polar surface area (TPSA) is 42.8 Å². The monoisotopic (exact) mass is 201 g/mol. The number of ether oxygens (including phenoxy) is 1. The number of nitrogens with one attached hydrogen (secondary N) is 1. The summed E-state index contributed by atoms with van der Waals surface area (Å²) in [7, 11) is 1.87. The van der Waals surface area contributed by atoms with Crippen LogP contribution in [0.25, 0.3) is 0 Å². The summed E-state index contributed by atoms with van der Waals surface area (Å²) in [4.78, 5) is 0. The molecule has 0 bridgehead atoms. The summed E-state index contributed by atoms with van der Waals surface area (Å²) in [6.45, 7) is 6.50. The Bertz CT molecular complexity index is 334. The van der Waals surface area contributed by atoms with Crippen LogP contribution in [0.15, 0.2) is 0 Å². The van der Waals surface area contributed by atoms with Crippen LogP contribution in [-0.4, -0.2) is 20.4 Å². The van der Waals surface area contributed by atoms with Crippen LogP contribution in [-0.2, 0) is 18.4 Å². The van der Waals surface area contributed by atoms with Gasteiger partial charge in [0.05, 0.1) is 5.60 Å². The lowest BCUT2D eigenvalue weighted by Crippen LogP contribution is -2.19. The highest BCUT2D eigenvalue weighted by Crippen LogP contribution is 2.09. The molecule has 1 heterocycles. The lowest BCUT2D eigenvalue weighted by atomic mass is 10.2. The van der Waals surface area contributed by atoms with E-state index in [4.69, 9.17) is 17.0 Å². The quantitative estimate of drug-likeness (QED) is 0.742. The number of rotatable bonds is 2. The maximum Gasteiger partial charge on any atom is 0.194 e. The van der Waals surface area contributed by atoms with Gasteiger partial charge in [0.25, 0.3) is 0 Å². The average molecular weight is 201 g/mol. The second-order valence-corrected chi connectivity index (χ2v) is 4.29. The SMILES string of the molecule is Cn1c(COC(C)(C)C)n[nH]c1=S. The zero-order chi connectivity index (χ0) is 10.1. The Morgan fingerprint density at radius 1 is 1.54 bits per heavy atom. The average Bonchev–Trinajstić information content (AvgIpc) is 2.29. The molecule has 1 aromatic rings. The molecule has 1 rings (SSSR count). The van der Waals surface area contributed by atoms with Crippen LogP contribution in [0.4, 0.5) is 0 Å². The van der Waals surface area contributed by atoms with Gasteiger partial charge in [-0.05, 0) is 33.0 Å². The van der Waals surface area contributed by atoms with E-state index in [1.54, 1.807) is 4.57 Å². The molecule has 0 aromatic carbocycles. The molecule has 74 valence electrons. The second kappa shape index (κ2) is 3.59. The minimum atomic E-state index is -0.145. The Hall–Kier alpha value is -0.680. The minimum absolute atomic E-state index is 0.145. The van der Waals surface area contributed by atoms with Gasteiger partial charge < -0.3 is 9.30 Å². The molecule has 5 heteroatoms. The maximum absolute atomic E-state index is 5.56. The van der Waals surface area contributed by atoms with Crippen molar-refractivity contribution in [1.82, 2.24) is 14.8 Å². The Labute approximate surface area is 82.9 Å². The summed E-state index contributed by atoms with van der Waals surface area (Å²) in [5.41, 5.74) is -0.145. The third kappa shape index (κ3) is 2.93. The summed E-state index contributed by atoms with van der Waals surface area (Å²) in [5.74, 6) is 0.819. The second-order valence-electron chi connectivity index (χ2n) is 3.91. The molecular formula is C8H15N3OS. The first-order valence-corrected chi connectivity index (χ1v) is 4.55. The number of nitrogens with zero attached hydrogens (tertiary/aromatic N) is 2. The molecule has 1 aromatic heterocycles. The van der Waals surface area contributed by atoms with Crippen molar-refractivity contribution in [3.05, 3.63) is 10.6 Å². The van der Waals surface area contributed by atoms with E-state index < -0.39 is 0 Å². The van der Waals surface area contributed by atoms with Crippen molar-refractivity contribution in [1.29, 1.82) is 0 Å². The summed E-state index contributed by atoms with van der Waals surface area (Å²) < 4.78 is 7.98. The molecule has 0 amide bonds. The third-order valence-electron chi connectivity index (χ3n) is 1.61. The number of hydrogen-bond acceptors (Lipinski definition) is 3. The van der Waals surface area contributed by atoms with E-state index in [1.165, 1.54) is 0 Å². The molecule has 1 N–H and O–H groups in total. The molecule has 0 unspecified atom stereocenters. The summed E-state index contributed by atoms with van der Waals surface area (Å²) in [6.07, 6.45) is 0. The normalized spacial score (nSPS) is 12.0. The number of aromatic amines is 1. The Morgan fingerprint density at radius 3 is 2.54 bits per heavy atom. The first-order chi connectivity index (χ1) is 5.90. The fraction of sp³-hybridized carbons (Fsp3) is 0.750. The minimum Gasteiger partial charge on any atom is -0.368 e. The Morgan fingerprint density at radius 2 is 2.15 bits per heavy atom. The molecular weight excluding hydrogens is 186 g/mol. The van der Waals surface area contributed by atoms with Crippen molar-refractivity contribution >= 4 is 12.2 Å². The van der Waals surface area contributed by atoms with E-state index in [2.05, 4.69) is 10.2 Å². The van der Waals surface area contributed by atoms with Gasteiger partial charge in [-0.1, -0.05) is 0 Å². The van der Waals surface area contributed by atoms with E-state index in [0.717, 1.165) is 5.82 Å². The smallest absolute Gasteiger partial charge is 0.194 e. The third-order valence-corrected chi connectivity index (χ3v) is 1.97. The highest BCUT2D eigenvalue weighted by Gasteiger charge is 2.12. The molecule has 0 fully saturated rings. The van der Waals surface area contributed by atoms with Gasteiger partial charge in [0.2, 0.25) is 0 Å². The van der Waals surface area contributed by atoms with Crippen LogP contribution in [0.2, 0.25) is 0 Å². The van der Waals surface area contributed by atoms with Crippen molar-refractivity contribution in [2.75, 3.05) is 0 Å². The predicted octanol–water partition coefficient (Wildman–Crippen LogP) is 1.79.